The van der Waals surface area contributed by atoms with Crippen molar-refractivity contribution >= 4 is 62.4 Å². The highest BCUT2D eigenvalue weighted by atomic mass is 35.5. The van der Waals surface area contributed by atoms with Crippen molar-refractivity contribution in [3.8, 4) is 0 Å². The summed E-state index contributed by atoms with van der Waals surface area (Å²) in [5.74, 6) is 1.63. The quantitative estimate of drug-likeness (QED) is 0.368. The van der Waals surface area contributed by atoms with Crippen molar-refractivity contribution in [2.24, 2.45) is 7.05 Å². The van der Waals surface area contributed by atoms with E-state index in [9.17, 15) is 8.42 Å². The Morgan fingerprint density at radius 1 is 1.06 bits per heavy atom. The van der Waals surface area contributed by atoms with E-state index in [-0.39, 0.29) is 23.6 Å². The monoisotopic (exact) mass is 529 g/mol. The number of sulfone groups is 1. The van der Waals surface area contributed by atoms with Gasteiger partial charge < -0.3 is 20.5 Å². The van der Waals surface area contributed by atoms with E-state index in [0.29, 0.717) is 17.7 Å². The molecule has 0 spiro atoms. The maximum Gasteiger partial charge on any atom is 0.229 e. The molecule has 0 unspecified atom stereocenters. The van der Waals surface area contributed by atoms with E-state index in [0.717, 1.165) is 33.5 Å². The molecule has 2 aromatic carbocycles. The maximum atomic E-state index is 11.5. The number of aromatic nitrogens is 4. The third-order valence-corrected chi connectivity index (χ3v) is 6.66. The van der Waals surface area contributed by atoms with Crippen LogP contribution < -0.4 is 16.0 Å². The third kappa shape index (κ3) is 5.71. The number of hydrogen-bond donors (Lipinski definition) is 2. The summed E-state index contributed by atoms with van der Waals surface area (Å²) < 4.78 is 24.9. The van der Waals surface area contributed by atoms with Crippen molar-refractivity contribution in [2.45, 2.75) is 31.9 Å². The lowest BCUT2D eigenvalue weighted by atomic mass is 9.84. The molecule has 11 heteroatoms. The first-order valence-corrected chi connectivity index (χ1v) is 13.3. The number of nitrogen functional groups attached to an aromatic ring is 1. The fourth-order valence-corrected chi connectivity index (χ4v) is 4.92. The first-order chi connectivity index (χ1) is 16.3. The highest BCUT2D eigenvalue weighted by molar-refractivity contribution is 7.89. The van der Waals surface area contributed by atoms with Gasteiger partial charge in [0.25, 0.3) is 0 Å². The van der Waals surface area contributed by atoms with Crippen LogP contribution in [0.4, 0.5) is 29.1 Å². The van der Waals surface area contributed by atoms with E-state index < -0.39 is 9.84 Å². The van der Waals surface area contributed by atoms with E-state index in [1.807, 2.05) is 47.8 Å². The molecule has 36 heavy (non-hydrogen) atoms. The molecule has 3 N–H and O–H groups in total. The van der Waals surface area contributed by atoms with Crippen molar-refractivity contribution < 1.29 is 8.42 Å². The Balaban J connectivity index is 0.00000361. The molecule has 192 valence electrons. The van der Waals surface area contributed by atoms with Gasteiger partial charge >= 0.3 is 0 Å². The molecule has 4 rings (SSSR count). The predicted molar refractivity (Wildman–Crippen MR) is 149 cm³/mol. The van der Waals surface area contributed by atoms with Gasteiger partial charge in [-0.2, -0.15) is 4.98 Å². The molecular formula is C25H32ClN7O2S. The van der Waals surface area contributed by atoms with Crippen molar-refractivity contribution in [3.05, 3.63) is 59.8 Å². The summed E-state index contributed by atoms with van der Waals surface area (Å²) in [6.45, 7) is 6.47. The van der Waals surface area contributed by atoms with Gasteiger partial charge in [0.15, 0.2) is 9.84 Å². The van der Waals surface area contributed by atoms with Gasteiger partial charge in [-0.15, -0.1) is 12.4 Å². The van der Waals surface area contributed by atoms with E-state index in [1.54, 1.807) is 18.3 Å². The average Bonchev–Trinajstić information content (AvgIpc) is 3.06. The topological polar surface area (TPSA) is 119 Å². The van der Waals surface area contributed by atoms with Crippen LogP contribution in [0, 0.1) is 0 Å². The molecule has 0 radical (unpaired) electrons. The minimum atomic E-state index is -3.08. The fourth-order valence-electron chi connectivity index (χ4n) is 4.12. The molecule has 0 fully saturated rings. The van der Waals surface area contributed by atoms with Gasteiger partial charge in [-0.3, -0.25) is 0 Å². The number of nitrogens with two attached hydrogens (primary N) is 1. The molecule has 0 saturated carbocycles. The van der Waals surface area contributed by atoms with Gasteiger partial charge in [-0.25, -0.2) is 18.4 Å². The Hall–Kier alpha value is -3.37. The zero-order chi connectivity index (χ0) is 25.5. The van der Waals surface area contributed by atoms with Crippen LogP contribution in [0.1, 0.15) is 31.9 Å². The smallest absolute Gasteiger partial charge is 0.229 e. The summed E-state index contributed by atoms with van der Waals surface area (Å²) in [4.78, 5) is 15.7. The van der Waals surface area contributed by atoms with E-state index in [4.69, 9.17) is 10.7 Å². The Kier molecular flexibility index (Phi) is 7.52. The summed E-state index contributed by atoms with van der Waals surface area (Å²) in [6.07, 6.45) is 2.92. The van der Waals surface area contributed by atoms with Crippen LogP contribution in [0.3, 0.4) is 0 Å². The second kappa shape index (κ2) is 9.94. The molecule has 0 aliphatic rings. The highest BCUT2D eigenvalue weighted by Crippen LogP contribution is 2.39. The second-order valence-corrected chi connectivity index (χ2v) is 11.9. The minimum absolute atomic E-state index is 0. The largest absolute Gasteiger partial charge is 0.369 e. The number of imidazole rings is 1. The number of hydrogen-bond acceptors (Lipinski definition) is 8. The molecule has 9 nitrogen and oxygen atoms in total. The average molecular weight is 530 g/mol. The van der Waals surface area contributed by atoms with Crippen LogP contribution in [0.25, 0.3) is 11.0 Å². The lowest BCUT2D eigenvalue weighted by Crippen LogP contribution is -2.20. The summed E-state index contributed by atoms with van der Waals surface area (Å²) in [5, 5.41) is 3.20. The lowest BCUT2D eigenvalue weighted by Gasteiger charge is -2.28. The number of nitrogens with one attached hydrogen (secondary N) is 1. The molecule has 0 aliphatic heterocycles. The Bertz CT molecular complexity index is 1490. The molecular weight excluding hydrogens is 498 g/mol. The van der Waals surface area contributed by atoms with Crippen molar-refractivity contribution in [1.82, 2.24) is 19.5 Å². The van der Waals surface area contributed by atoms with Crippen LogP contribution in [0.15, 0.2) is 48.7 Å². The number of aryl methyl sites for hydroxylation is 1. The number of rotatable bonds is 6. The highest BCUT2D eigenvalue weighted by Gasteiger charge is 2.26. The van der Waals surface area contributed by atoms with Crippen LogP contribution in [-0.4, -0.2) is 41.2 Å². The van der Waals surface area contributed by atoms with Gasteiger partial charge in [-0.05, 0) is 41.3 Å². The predicted octanol–water partition coefficient (Wildman–Crippen LogP) is 4.72. The van der Waals surface area contributed by atoms with Gasteiger partial charge in [-0.1, -0.05) is 32.9 Å². The van der Waals surface area contributed by atoms with Crippen LogP contribution >= 0.6 is 12.4 Å². The van der Waals surface area contributed by atoms with E-state index in [1.165, 1.54) is 6.26 Å². The first-order valence-electron chi connectivity index (χ1n) is 11.2. The Morgan fingerprint density at radius 3 is 2.33 bits per heavy atom. The second-order valence-electron chi connectivity index (χ2n) is 9.80. The van der Waals surface area contributed by atoms with Gasteiger partial charge in [0.1, 0.15) is 5.82 Å². The summed E-state index contributed by atoms with van der Waals surface area (Å²) in [7, 11) is 0.797. The van der Waals surface area contributed by atoms with Crippen LogP contribution in [0.5, 0.6) is 0 Å². The number of benzene rings is 2. The van der Waals surface area contributed by atoms with Crippen molar-refractivity contribution in [1.29, 1.82) is 0 Å². The first kappa shape index (κ1) is 27.2. The van der Waals surface area contributed by atoms with E-state index in [2.05, 4.69) is 42.1 Å². The normalized spacial score (nSPS) is 11.8. The maximum absolute atomic E-state index is 11.5. The Morgan fingerprint density at radius 2 is 1.72 bits per heavy atom. The summed E-state index contributed by atoms with van der Waals surface area (Å²) in [5.41, 5.74) is 11.3. The number of nitrogens with zero attached hydrogens (tertiary/aromatic N) is 5. The Labute approximate surface area is 218 Å². The molecule has 0 atom stereocenters. The zero-order valence-electron chi connectivity index (χ0n) is 21.3. The lowest BCUT2D eigenvalue weighted by molar-refractivity contribution is 0.595. The van der Waals surface area contributed by atoms with Crippen molar-refractivity contribution in [3.63, 3.8) is 0 Å². The van der Waals surface area contributed by atoms with Gasteiger partial charge in [0.2, 0.25) is 11.9 Å². The molecule has 2 aromatic heterocycles. The molecule has 0 bridgehead atoms. The molecule has 2 heterocycles. The van der Waals surface area contributed by atoms with E-state index >= 15 is 0 Å². The standard InChI is InChI=1S/C25H31N7O2S.ClH/c1-25(2,3)21-18(11-12-19-22(21)30-23(26)32(19)5)31(4)20-13-14-27-24(29-20)28-17-9-7-16(8-10-17)15-35(6,33)34;/h7-14H,15H2,1-6H3,(H2,26,30)(H,27,28,29);1H. The number of anilines is 5. The number of halogens is 1. The summed E-state index contributed by atoms with van der Waals surface area (Å²) >= 11 is 0. The molecule has 0 saturated heterocycles. The SMILES string of the molecule is CN(c1ccnc(Nc2ccc(CS(C)(=O)=O)cc2)n1)c1ccc2c(nc(N)n2C)c1C(C)(C)C.Cl. The zero-order valence-corrected chi connectivity index (χ0v) is 22.9. The minimum Gasteiger partial charge on any atom is -0.369 e. The third-order valence-electron chi connectivity index (χ3n) is 5.80. The number of fused-ring (bicyclic) bond motifs is 1. The van der Waals surface area contributed by atoms with Crippen LogP contribution in [0.2, 0.25) is 0 Å². The van der Waals surface area contributed by atoms with Crippen LogP contribution in [-0.2, 0) is 28.1 Å². The van der Waals surface area contributed by atoms with Gasteiger partial charge in [0, 0.05) is 43.5 Å². The molecule has 0 aliphatic carbocycles. The molecule has 0 amide bonds. The fraction of sp³-hybridized carbons (Fsp3) is 0.320. The summed E-state index contributed by atoms with van der Waals surface area (Å²) in [6, 6.07) is 13.1. The van der Waals surface area contributed by atoms with Gasteiger partial charge in [0.05, 0.1) is 16.8 Å². The molecule has 4 aromatic rings. The van der Waals surface area contributed by atoms with Crippen molar-refractivity contribution in [2.75, 3.05) is 29.3 Å².